The van der Waals surface area contributed by atoms with Crippen LogP contribution in [0.3, 0.4) is 0 Å². The highest BCUT2D eigenvalue weighted by atomic mass is 32.1. The van der Waals surface area contributed by atoms with Crippen molar-refractivity contribution in [3.8, 4) is 0 Å². The molecule has 27 heavy (non-hydrogen) atoms. The number of aromatic nitrogens is 2. The van der Waals surface area contributed by atoms with E-state index >= 15 is 0 Å². The summed E-state index contributed by atoms with van der Waals surface area (Å²) < 4.78 is 7.91. The predicted molar refractivity (Wildman–Crippen MR) is 100 cm³/mol. The van der Waals surface area contributed by atoms with Gasteiger partial charge in [-0.05, 0) is 44.4 Å². The minimum Gasteiger partial charge on any atom is -0.477 e. The fourth-order valence-corrected chi connectivity index (χ4v) is 5.20. The average molecular weight is 389 g/mol. The molecule has 4 heterocycles. The molecule has 0 aromatic carbocycles. The van der Waals surface area contributed by atoms with Crippen LogP contribution in [0.15, 0.2) is 12.1 Å². The number of ether oxygens (including phenoxy) is 1. The number of hydrogen-bond donors (Lipinski definition) is 1. The number of piperidine rings is 1. The van der Waals surface area contributed by atoms with Gasteiger partial charge in [0.2, 0.25) is 0 Å². The highest BCUT2D eigenvalue weighted by Gasteiger charge is 2.43. The molecular weight excluding hydrogens is 366 g/mol. The molecule has 1 spiro atoms. The Kier molecular flexibility index (Phi) is 4.55. The SMILES string of the molecule is CCn1nc(C)cc1C(=O)N1CCC2(CC1)OCCc1sc(C(=O)O)cc12. The van der Waals surface area contributed by atoms with Gasteiger partial charge in [0, 0.05) is 30.9 Å². The van der Waals surface area contributed by atoms with Gasteiger partial charge < -0.3 is 14.7 Å². The number of thiophene rings is 1. The molecule has 0 radical (unpaired) electrons. The Morgan fingerprint density at radius 3 is 2.74 bits per heavy atom. The lowest BCUT2D eigenvalue weighted by Gasteiger charge is -2.44. The van der Waals surface area contributed by atoms with Gasteiger partial charge in [-0.2, -0.15) is 5.10 Å². The summed E-state index contributed by atoms with van der Waals surface area (Å²) in [4.78, 5) is 27.6. The molecule has 1 saturated heterocycles. The molecule has 0 atom stereocenters. The number of aromatic carboxylic acids is 1. The fourth-order valence-electron chi connectivity index (χ4n) is 4.13. The van der Waals surface area contributed by atoms with E-state index in [0.717, 1.165) is 22.6 Å². The van der Waals surface area contributed by atoms with Crippen LogP contribution in [0, 0.1) is 6.92 Å². The van der Waals surface area contributed by atoms with E-state index in [-0.39, 0.29) is 5.91 Å². The van der Waals surface area contributed by atoms with Crippen LogP contribution in [0.25, 0.3) is 0 Å². The van der Waals surface area contributed by atoms with E-state index in [1.165, 1.54) is 11.3 Å². The van der Waals surface area contributed by atoms with Crippen molar-refractivity contribution in [3.05, 3.63) is 38.8 Å². The van der Waals surface area contributed by atoms with Gasteiger partial charge in [-0.15, -0.1) is 11.3 Å². The van der Waals surface area contributed by atoms with E-state index in [1.54, 1.807) is 10.7 Å². The lowest BCUT2D eigenvalue weighted by atomic mass is 9.82. The van der Waals surface area contributed by atoms with E-state index < -0.39 is 11.6 Å². The number of amides is 1. The van der Waals surface area contributed by atoms with Crippen molar-refractivity contribution in [3.63, 3.8) is 0 Å². The Morgan fingerprint density at radius 1 is 1.33 bits per heavy atom. The number of aryl methyl sites for hydroxylation is 2. The molecule has 2 aromatic heterocycles. The normalized spacial score (nSPS) is 18.5. The van der Waals surface area contributed by atoms with Crippen LogP contribution in [-0.2, 0) is 23.3 Å². The molecule has 1 fully saturated rings. The van der Waals surface area contributed by atoms with Crippen LogP contribution in [0.2, 0.25) is 0 Å². The third-order valence-electron chi connectivity index (χ3n) is 5.50. The summed E-state index contributed by atoms with van der Waals surface area (Å²) in [6.07, 6.45) is 2.12. The lowest BCUT2D eigenvalue weighted by Crippen LogP contribution is -2.48. The first kappa shape index (κ1) is 18.2. The number of likely N-dealkylation sites (tertiary alicyclic amines) is 1. The van der Waals surface area contributed by atoms with E-state index in [2.05, 4.69) is 5.10 Å². The van der Waals surface area contributed by atoms with Gasteiger partial charge in [-0.3, -0.25) is 9.48 Å². The van der Waals surface area contributed by atoms with Crippen molar-refractivity contribution in [2.45, 2.75) is 45.3 Å². The van der Waals surface area contributed by atoms with Crippen LogP contribution in [-0.4, -0.2) is 51.4 Å². The molecule has 1 N–H and O–H groups in total. The van der Waals surface area contributed by atoms with Gasteiger partial charge in [0.15, 0.2) is 0 Å². The highest BCUT2D eigenvalue weighted by molar-refractivity contribution is 7.14. The summed E-state index contributed by atoms with van der Waals surface area (Å²) in [5.74, 6) is -0.889. The molecule has 2 aliphatic heterocycles. The zero-order valence-electron chi connectivity index (χ0n) is 15.5. The largest absolute Gasteiger partial charge is 0.477 e. The molecular formula is C19H23N3O4S. The molecule has 2 aliphatic rings. The number of carboxylic acid groups (broad SMARTS) is 1. The summed E-state index contributed by atoms with van der Waals surface area (Å²) >= 11 is 1.35. The summed E-state index contributed by atoms with van der Waals surface area (Å²) in [5, 5.41) is 13.7. The van der Waals surface area contributed by atoms with Crippen LogP contribution >= 0.6 is 11.3 Å². The Bertz CT molecular complexity index is 893. The maximum absolute atomic E-state index is 13.0. The maximum Gasteiger partial charge on any atom is 0.345 e. The van der Waals surface area contributed by atoms with Crippen LogP contribution < -0.4 is 0 Å². The standard InChI is InChI=1S/C19H23N3O4S/c1-3-22-14(10-12(2)20-22)17(23)21-7-5-19(6-8-21)13-11-16(18(24)25)27-15(13)4-9-26-19/h10-11H,3-9H2,1-2H3,(H,24,25). The van der Waals surface area contributed by atoms with Crippen molar-refractivity contribution in [1.29, 1.82) is 0 Å². The minimum atomic E-state index is -0.889. The lowest BCUT2D eigenvalue weighted by molar-refractivity contribution is -0.0927. The van der Waals surface area contributed by atoms with Gasteiger partial charge in [-0.25, -0.2) is 4.79 Å². The molecule has 1 amide bonds. The maximum atomic E-state index is 13.0. The number of nitrogens with zero attached hydrogens (tertiary/aromatic N) is 3. The smallest absolute Gasteiger partial charge is 0.345 e. The summed E-state index contributed by atoms with van der Waals surface area (Å²) in [7, 11) is 0. The van der Waals surface area contributed by atoms with Crippen molar-refractivity contribution in [2.24, 2.45) is 0 Å². The molecule has 0 bridgehead atoms. The molecule has 0 aliphatic carbocycles. The van der Waals surface area contributed by atoms with Crippen molar-refractivity contribution < 1.29 is 19.4 Å². The monoisotopic (exact) mass is 389 g/mol. The summed E-state index contributed by atoms with van der Waals surface area (Å²) in [6, 6.07) is 3.61. The van der Waals surface area contributed by atoms with Gasteiger partial charge in [-0.1, -0.05) is 0 Å². The molecule has 8 heteroatoms. The van der Waals surface area contributed by atoms with Gasteiger partial charge in [0.1, 0.15) is 10.6 Å². The number of fused-ring (bicyclic) bond motifs is 2. The molecule has 0 saturated carbocycles. The van der Waals surface area contributed by atoms with Crippen LogP contribution in [0.4, 0.5) is 0 Å². The number of carbonyl (C=O) groups is 2. The molecule has 0 unspecified atom stereocenters. The second kappa shape index (κ2) is 6.76. The minimum absolute atomic E-state index is 0.000114. The molecule has 4 rings (SSSR count). The Balaban J connectivity index is 1.54. The second-order valence-electron chi connectivity index (χ2n) is 7.12. The number of carbonyl (C=O) groups excluding carboxylic acids is 1. The van der Waals surface area contributed by atoms with Crippen molar-refractivity contribution in [2.75, 3.05) is 19.7 Å². The first-order valence-corrected chi connectivity index (χ1v) is 10.1. The highest BCUT2D eigenvalue weighted by Crippen LogP contribution is 2.44. The van der Waals surface area contributed by atoms with E-state index in [4.69, 9.17) is 4.74 Å². The topological polar surface area (TPSA) is 84.7 Å². The predicted octanol–water partition coefficient (Wildman–Crippen LogP) is 2.68. The van der Waals surface area contributed by atoms with E-state index in [1.807, 2.05) is 24.8 Å². The number of hydrogen-bond acceptors (Lipinski definition) is 5. The molecule has 144 valence electrons. The van der Waals surface area contributed by atoms with Crippen molar-refractivity contribution in [1.82, 2.24) is 14.7 Å². The molecule has 7 nitrogen and oxygen atoms in total. The quantitative estimate of drug-likeness (QED) is 0.872. The summed E-state index contributed by atoms with van der Waals surface area (Å²) in [6.45, 7) is 6.30. The zero-order valence-corrected chi connectivity index (χ0v) is 16.3. The first-order chi connectivity index (χ1) is 12.9. The number of carboxylic acids is 1. The van der Waals surface area contributed by atoms with Gasteiger partial charge >= 0.3 is 5.97 Å². The van der Waals surface area contributed by atoms with Gasteiger partial charge in [0.05, 0.1) is 17.9 Å². The summed E-state index contributed by atoms with van der Waals surface area (Å²) in [5.41, 5.74) is 2.01. The van der Waals surface area contributed by atoms with E-state index in [0.29, 0.717) is 49.7 Å². The van der Waals surface area contributed by atoms with E-state index in [9.17, 15) is 14.7 Å². The third-order valence-corrected chi connectivity index (χ3v) is 6.68. The van der Waals surface area contributed by atoms with Crippen molar-refractivity contribution >= 4 is 23.2 Å². The number of rotatable bonds is 3. The van der Waals surface area contributed by atoms with Crippen LogP contribution in [0.1, 0.15) is 56.1 Å². The first-order valence-electron chi connectivity index (χ1n) is 9.27. The van der Waals surface area contributed by atoms with Gasteiger partial charge in [0.25, 0.3) is 5.91 Å². The van der Waals surface area contributed by atoms with Crippen LogP contribution in [0.5, 0.6) is 0 Å². The fraction of sp³-hybridized carbons (Fsp3) is 0.526. The Morgan fingerprint density at radius 2 is 2.07 bits per heavy atom. The zero-order chi connectivity index (χ0) is 19.2. The second-order valence-corrected chi connectivity index (χ2v) is 8.26. The Labute approximate surface area is 161 Å². The average Bonchev–Trinajstić information content (AvgIpc) is 3.26. The Hall–Kier alpha value is -2.19. The third kappa shape index (κ3) is 3.06. The molecule has 2 aromatic rings.